The molecule has 2 rings (SSSR count). The predicted octanol–water partition coefficient (Wildman–Crippen LogP) is 2.74. The summed E-state index contributed by atoms with van der Waals surface area (Å²) in [5.41, 5.74) is 5.70. The third kappa shape index (κ3) is 3.91. The van der Waals surface area contributed by atoms with Crippen molar-refractivity contribution in [1.82, 2.24) is 5.32 Å². The first-order valence-electron chi connectivity index (χ1n) is 6.86. The molecular formula is C14H20ClN3O3S. The maximum atomic E-state index is 12.3. The Morgan fingerprint density at radius 1 is 1.45 bits per heavy atom. The second-order valence-corrected chi connectivity index (χ2v) is 6.14. The van der Waals surface area contributed by atoms with Crippen molar-refractivity contribution in [2.45, 2.75) is 36.1 Å². The zero-order valence-electron chi connectivity index (χ0n) is 12.3. The van der Waals surface area contributed by atoms with Crippen LogP contribution in [0.4, 0.5) is 5.69 Å². The van der Waals surface area contributed by atoms with Gasteiger partial charge in [-0.15, -0.1) is 24.2 Å². The fourth-order valence-corrected chi connectivity index (χ4v) is 3.27. The van der Waals surface area contributed by atoms with Crippen LogP contribution >= 0.6 is 24.2 Å². The van der Waals surface area contributed by atoms with Crippen molar-refractivity contribution in [3.63, 3.8) is 0 Å². The number of halogens is 1. The number of carbonyl (C=O) groups excluding carboxylic acids is 1. The number of rotatable bonds is 5. The van der Waals surface area contributed by atoms with Gasteiger partial charge in [0.1, 0.15) is 0 Å². The highest BCUT2D eigenvalue weighted by Crippen LogP contribution is 2.31. The Hall–Kier alpha value is -1.31. The Kier molecular flexibility index (Phi) is 6.65. The van der Waals surface area contributed by atoms with E-state index in [0.29, 0.717) is 17.0 Å². The molecule has 0 unspecified atom stereocenters. The molecule has 0 spiro atoms. The molecule has 1 aromatic rings. The zero-order chi connectivity index (χ0) is 15.5. The van der Waals surface area contributed by atoms with Gasteiger partial charge in [0.25, 0.3) is 11.6 Å². The molecule has 22 heavy (non-hydrogen) atoms. The maximum absolute atomic E-state index is 12.3. The second kappa shape index (κ2) is 7.80. The Labute approximate surface area is 139 Å². The molecule has 1 aromatic carbocycles. The third-order valence-corrected chi connectivity index (χ3v) is 4.75. The SMILES string of the molecule is CSc1ccc(C(=O)NC2(CN)CCCC2)cc1[N+](=O)[O-].Cl. The molecule has 1 amide bonds. The molecule has 0 radical (unpaired) electrons. The van der Waals surface area contributed by atoms with Gasteiger partial charge < -0.3 is 11.1 Å². The van der Waals surface area contributed by atoms with E-state index in [4.69, 9.17) is 5.73 Å². The Balaban J connectivity index is 0.00000242. The highest BCUT2D eigenvalue weighted by Gasteiger charge is 2.34. The number of benzene rings is 1. The first kappa shape index (κ1) is 18.7. The van der Waals surface area contributed by atoms with E-state index >= 15 is 0 Å². The fourth-order valence-electron chi connectivity index (χ4n) is 2.72. The van der Waals surface area contributed by atoms with Gasteiger partial charge in [-0.05, 0) is 31.2 Å². The van der Waals surface area contributed by atoms with Crippen molar-refractivity contribution in [1.29, 1.82) is 0 Å². The molecule has 8 heteroatoms. The Morgan fingerprint density at radius 3 is 2.59 bits per heavy atom. The molecular weight excluding hydrogens is 326 g/mol. The number of carbonyl (C=O) groups is 1. The number of nitro benzene ring substituents is 1. The summed E-state index contributed by atoms with van der Waals surface area (Å²) in [5, 5.41) is 14.0. The molecule has 3 N–H and O–H groups in total. The van der Waals surface area contributed by atoms with E-state index in [-0.39, 0.29) is 29.5 Å². The standard InChI is InChI=1S/C14H19N3O3S.ClH/c1-21-12-5-4-10(8-11(12)17(19)20)13(18)16-14(9-15)6-2-3-7-14;/h4-5,8H,2-3,6-7,9,15H2,1H3,(H,16,18);1H. The number of nitrogens with two attached hydrogens (primary N) is 1. The van der Waals surface area contributed by atoms with Crippen molar-refractivity contribution < 1.29 is 9.72 Å². The topological polar surface area (TPSA) is 98.3 Å². The lowest BCUT2D eigenvalue weighted by Crippen LogP contribution is -2.51. The Morgan fingerprint density at radius 2 is 2.09 bits per heavy atom. The first-order valence-corrected chi connectivity index (χ1v) is 8.09. The molecule has 1 fully saturated rings. The van der Waals surface area contributed by atoms with Crippen LogP contribution in [0.3, 0.4) is 0 Å². The molecule has 1 aliphatic carbocycles. The molecule has 0 aliphatic heterocycles. The fraction of sp³-hybridized carbons (Fsp3) is 0.500. The van der Waals surface area contributed by atoms with Crippen LogP contribution in [0.25, 0.3) is 0 Å². The maximum Gasteiger partial charge on any atom is 0.283 e. The summed E-state index contributed by atoms with van der Waals surface area (Å²) in [7, 11) is 0. The first-order chi connectivity index (χ1) is 10.0. The molecule has 0 heterocycles. The third-order valence-electron chi connectivity index (χ3n) is 3.97. The lowest BCUT2D eigenvalue weighted by Gasteiger charge is -2.28. The normalized spacial score (nSPS) is 15.9. The van der Waals surface area contributed by atoms with Gasteiger partial charge >= 0.3 is 0 Å². The number of amides is 1. The van der Waals surface area contributed by atoms with Crippen molar-refractivity contribution in [3.05, 3.63) is 33.9 Å². The zero-order valence-corrected chi connectivity index (χ0v) is 14.0. The highest BCUT2D eigenvalue weighted by molar-refractivity contribution is 7.98. The molecule has 0 aromatic heterocycles. The number of nitro groups is 1. The predicted molar refractivity (Wildman–Crippen MR) is 89.8 cm³/mol. The average molecular weight is 346 g/mol. The van der Waals surface area contributed by atoms with E-state index in [1.807, 2.05) is 0 Å². The average Bonchev–Trinajstić information content (AvgIpc) is 2.95. The second-order valence-electron chi connectivity index (χ2n) is 5.29. The van der Waals surface area contributed by atoms with Crippen LogP contribution < -0.4 is 11.1 Å². The minimum atomic E-state index is -0.461. The summed E-state index contributed by atoms with van der Waals surface area (Å²) < 4.78 is 0. The number of thioether (sulfide) groups is 1. The van der Waals surface area contributed by atoms with E-state index in [2.05, 4.69) is 5.32 Å². The highest BCUT2D eigenvalue weighted by atomic mass is 35.5. The molecule has 1 aliphatic rings. The smallest absolute Gasteiger partial charge is 0.283 e. The van der Waals surface area contributed by atoms with Crippen LogP contribution in [0.1, 0.15) is 36.0 Å². The van der Waals surface area contributed by atoms with Crippen LogP contribution in [0, 0.1) is 10.1 Å². The van der Waals surface area contributed by atoms with Gasteiger partial charge in [-0.1, -0.05) is 12.8 Å². The summed E-state index contributed by atoms with van der Waals surface area (Å²) in [6.07, 6.45) is 5.58. The number of hydrogen-bond acceptors (Lipinski definition) is 5. The van der Waals surface area contributed by atoms with Crippen molar-refractivity contribution >= 4 is 35.8 Å². The van der Waals surface area contributed by atoms with E-state index in [1.165, 1.54) is 17.8 Å². The van der Waals surface area contributed by atoms with Crippen LogP contribution in [-0.4, -0.2) is 29.2 Å². The van der Waals surface area contributed by atoms with Gasteiger partial charge in [-0.3, -0.25) is 14.9 Å². The van der Waals surface area contributed by atoms with Gasteiger partial charge in [0.15, 0.2) is 0 Å². The van der Waals surface area contributed by atoms with E-state index < -0.39 is 4.92 Å². The molecule has 122 valence electrons. The minimum Gasteiger partial charge on any atom is -0.345 e. The monoisotopic (exact) mass is 345 g/mol. The molecule has 1 saturated carbocycles. The van der Waals surface area contributed by atoms with Crippen LogP contribution in [0.15, 0.2) is 23.1 Å². The van der Waals surface area contributed by atoms with Crippen LogP contribution in [0.5, 0.6) is 0 Å². The molecule has 6 nitrogen and oxygen atoms in total. The van der Waals surface area contributed by atoms with Gasteiger partial charge in [0, 0.05) is 18.2 Å². The number of nitrogens with zero attached hydrogens (tertiary/aromatic N) is 1. The summed E-state index contributed by atoms with van der Waals surface area (Å²) >= 11 is 1.29. The van der Waals surface area contributed by atoms with E-state index in [1.54, 1.807) is 18.4 Å². The molecule has 0 saturated heterocycles. The molecule has 0 atom stereocenters. The lowest BCUT2D eigenvalue weighted by molar-refractivity contribution is -0.387. The van der Waals surface area contributed by atoms with Crippen molar-refractivity contribution in [3.8, 4) is 0 Å². The van der Waals surface area contributed by atoms with Gasteiger partial charge in [0.2, 0.25) is 0 Å². The van der Waals surface area contributed by atoms with E-state index in [0.717, 1.165) is 25.7 Å². The molecule has 0 bridgehead atoms. The van der Waals surface area contributed by atoms with Gasteiger partial charge in [-0.2, -0.15) is 0 Å². The number of hydrogen-bond donors (Lipinski definition) is 2. The van der Waals surface area contributed by atoms with Crippen LogP contribution in [0.2, 0.25) is 0 Å². The summed E-state index contributed by atoms with van der Waals surface area (Å²) in [5.74, 6) is -0.293. The Bertz CT molecular complexity index is 562. The van der Waals surface area contributed by atoms with E-state index in [9.17, 15) is 14.9 Å². The quantitative estimate of drug-likeness (QED) is 0.485. The van der Waals surface area contributed by atoms with Crippen LogP contribution in [-0.2, 0) is 0 Å². The van der Waals surface area contributed by atoms with Crippen molar-refractivity contribution in [2.75, 3.05) is 12.8 Å². The van der Waals surface area contributed by atoms with Crippen molar-refractivity contribution in [2.24, 2.45) is 5.73 Å². The largest absolute Gasteiger partial charge is 0.345 e. The summed E-state index contributed by atoms with van der Waals surface area (Å²) in [4.78, 5) is 23.5. The lowest BCUT2D eigenvalue weighted by atomic mass is 9.97. The summed E-state index contributed by atoms with van der Waals surface area (Å²) in [6, 6.07) is 4.56. The van der Waals surface area contributed by atoms with Gasteiger partial charge in [0.05, 0.1) is 15.4 Å². The summed E-state index contributed by atoms with van der Waals surface area (Å²) in [6.45, 7) is 0.393. The van der Waals surface area contributed by atoms with Gasteiger partial charge in [-0.25, -0.2) is 0 Å². The number of nitrogens with one attached hydrogen (secondary N) is 1. The minimum absolute atomic E-state index is 0.